The second-order valence-corrected chi connectivity index (χ2v) is 9.81. The quantitative estimate of drug-likeness (QED) is 0.682. The van der Waals surface area contributed by atoms with Crippen LogP contribution in [-0.2, 0) is 32.2 Å². The van der Waals surface area contributed by atoms with Gasteiger partial charge in [0.1, 0.15) is 0 Å². The number of rotatable bonds is 4. The number of aromatic amines is 1. The van der Waals surface area contributed by atoms with Gasteiger partial charge in [-0.05, 0) is 55.9 Å². The molecule has 1 aliphatic carbocycles. The molecular formula is C22H23NO4S. The number of para-hydroxylation sites is 1. The van der Waals surface area contributed by atoms with Crippen LogP contribution in [-0.4, -0.2) is 31.2 Å². The van der Waals surface area contributed by atoms with E-state index in [0.29, 0.717) is 12.8 Å². The number of fused-ring (bicyclic) bond motifs is 3. The predicted molar refractivity (Wildman–Crippen MR) is 108 cm³/mol. The Morgan fingerprint density at radius 3 is 2.50 bits per heavy atom. The second-order valence-electron chi connectivity index (χ2n) is 7.48. The lowest BCUT2D eigenvalue weighted by Crippen LogP contribution is -2.52. The molecule has 1 heterocycles. The molecule has 5 nitrogen and oxygen atoms in total. The van der Waals surface area contributed by atoms with E-state index in [1.807, 2.05) is 18.2 Å². The molecule has 3 aromatic rings. The normalized spacial score (nSPS) is 19.0. The van der Waals surface area contributed by atoms with Gasteiger partial charge in [0.15, 0.2) is 14.6 Å². The highest BCUT2D eigenvalue weighted by Crippen LogP contribution is 2.42. The molecular weight excluding hydrogens is 374 g/mol. The van der Waals surface area contributed by atoms with Gasteiger partial charge in [-0.1, -0.05) is 36.4 Å². The molecule has 0 bridgehead atoms. The first kappa shape index (κ1) is 18.7. The lowest BCUT2D eigenvalue weighted by atomic mass is 9.79. The van der Waals surface area contributed by atoms with Crippen LogP contribution in [0.1, 0.15) is 24.6 Å². The standard InChI is InChI=1S/C22H23NO4S/c1-22(21(24)27-2,28(25,26)16-8-4-3-5-9-16)15-12-13-18-17-10-6-7-11-19(17)23-20(18)14-15/h3-11,15,23H,12-14H2,1-2H3. The maximum atomic E-state index is 13.5. The Morgan fingerprint density at radius 1 is 1.11 bits per heavy atom. The van der Waals surface area contributed by atoms with E-state index in [4.69, 9.17) is 4.74 Å². The third-order valence-corrected chi connectivity index (χ3v) is 8.59. The summed E-state index contributed by atoms with van der Waals surface area (Å²) in [5.74, 6) is -1.09. The Labute approximate surface area is 164 Å². The third kappa shape index (κ3) is 2.66. The summed E-state index contributed by atoms with van der Waals surface area (Å²) in [4.78, 5) is 16.4. The Hall–Kier alpha value is -2.60. The van der Waals surface area contributed by atoms with Crippen LogP contribution < -0.4 is 0 Å². The number of aryl methyl sites for hydroxylation is 1. The van der Waals surface area contributed by atoms with Gasteiger partial charge in [0.25, 0.3) is 0 Å². The number of carbonyl (C=O) groups is 1. The summed E-state index contributed by atoms with van der Waals surface area (Å²) in [7, 11) is -2.68. The highest BCUT2D eigenvalue weighted by Gasteiger charge is 2.54. The van der Waals surface area contributed by atoms with Gasteiger partial charge in [-0.2, -0.15) is 0 Å². The molecule has 4 rings (SSSR count). The molecule has 0 spiro atoms. The van der Waals surface area contributed by atoms with Crippen molar-refractivity contribution >= 4 is 26.7 Å². The molecule has 0 aliphatic heterocycles. The van der Waals surface area contributed by atoms with Gasteiger partial charge in [-0.3, -0.25) is 4.79 Å². The van der Waals surface area contributed by atoms with Crippen LogP contribution >= 0.6 is 0 Å². The Morgan fingerprint density at radius 2 is 1.79 bits per heavy atom. The van der Waals surface area contributed by atoms with Crippen LogP contribution in [0.4, 0.5) is 0 Å². The number of hydrogen-bond acceptors (Lipinski definition) is 4. The average Bonchev–Trinajstić information content (AvgIpc) is 3.10. The number of H-pyrrole nitrogens is 1. The summed E-state index contributed by atoms with van der Waals surface area (Å²) >= 11 is 0. The molecule has 2 aromatic carbocycles. The summed E-state index contributed by atoms with van der Waals surface area (Å²) in [6.45, 7) is 1.51. The van der Waals surface area contributed by atoms with E-state index in [9.17, 15) is 13.2 Å². The minimum atomic E-state index is -3.93. The zero-order valence-corrected chi connectivity index (χ0v) is 16.8. The van der Waals surface area contributed by atoms with E-state index in [-0.39, 0.29) is 10.8 Å². The monoisotopic (exact) mass is 397 g/mol. The van der Waals surface area contributed by atoms with Gasteiger partial charge in [-0.25, -0.2) is 8.42 Å². The minimum Gasteiger partial charge on any atom is -0.468 e. The average molecular weight is 397 g/mol. The second kappa shape index (κ2) is 6.78. The smallest absolute Gasteiger partial charge is 0.327 e. The summed E-state index contributed by atoms with van der Waals surface area (Å²) < 4.78 is 30.4. The van der Waals surface area contributed by atoms with Crippen LogP contribution in [0.25, 0.3) is 10.9 Å². The summed E-state index contributed by atoms with van der Waals surface area (Å²) in [5, 5.41) is 1.17. The van der Waals surface area contributed by atoms with Crippen molar-refractivity contribution in [2.24, 2.45) is 5.92 Å². The molecule has 0 saturated heterocycles. The summed E-state index contributed by atoms with van der Waals surface area (Å²) in [6, 6.07) is 16.2. The van der Waals surface area contributed by atoms with Gasteiger partial charge >= 0.3 is 5.97 Å². The first-order valence-electron chi connectivity index (χ1n) is 9.36. The first-order chi connectivity index (χ1) is 13.4. The van der Waals surface area contributed by atoms with Gasteiger partial charge in [0.05, 0.1) is 12.0 Å². The number of methoxy groups -OCH3 is 1. The van der Waals surface area contributed by atoms with Crippen molar-refractivity contribution in [3.05, 3.63) is 65.9 Å². The van der Waals surface area contributed by atoms with Crippen molar-refractivity contribution in [3.8, 4) is 0 Å². The van der Waals surface area contributed by atoms with E-state index in [1.165, 1.54) is 37.1 Å². The van der Waals surface area contributed by atoms with E-state index >= 15 is 0 Å². The lowest BCUT2D eigenvalue weighted by Gasteiger charge is -2.36. The maximum Gasteiger partial charge on any atom is 0.327 e. The predicted octanol–water partition coefficient (Wildman–Crippen LogP) is 3.68. The van der Waals surface area contributed by atoms with Crippen molar-refractivity contribution in [1.29, 1.82) is 0 Å². The van der Waals surface area contributed by atoms with Crippen molar-refractivity contribution < 1.29 is 17.9 Å². The van der Waals surface area contributed by atoms with Crippen LogP contribution in [0, 0.1) is 5.92 Å². The molecule has 2 unspecified atom stereocenters. The molecule has 0 amide bonds. The molecule has 1 aliphatic rings. The lowest BCUT2D eigenvalue weighted by molar-refractivity contribution is -0.145. The van der Waals surface area contributed by atoms with Gasteiger partial charge < -0.3 is 9.72 Å². The SMILES string of the molecule is COC(=O)C(C)(C1CCc2c([nH]c3ccccc23)C1)S(=O)(=O)c1ccccc1. The summed E-state index contributed by atoms with van der Waals surface area (Å²) in [5.41, 5.74) is 3.27. The molecule has 28 heavy (non-hydrogen) atoms. The van der Waals surface area contributed by atoms with Crippen LogP contribution in [0.3, 0.4) is 0 Å². The molecule has 2 atom stereocenters. The Kier molecular flexibility index (Phi) is 4.54. The molecule has 1 N–H and O–H groups in total. The third-order valence-electron chi connectivity index (χ3n) is 6.08. The molecule has 146 valence electrons. The number of sulfone groups is 1. The highest BCUT2D eigenvalue weighted by molar-refractivity contribution is 7.93. The van der Waals surface area contributed by atoms with E-state index in [2.05, 4.69) is 11.1 Å². The number of nitrogens with one attached hydrogen (secondary N) is 1. The van der Waals surface area contributed by atoms with E-state index in [1.54, 1.807) is 18.2 Å². The molecule has 0 radical (unpaired) electrons. The van der Waals surface area contributed by atoms with E-state index in [0.717, 1.165) is 17.6 Å². The minimum absolute atomic E-state index is 0.144. The molecule has 6 heteroatoms. The fourth-order valence-electron chi connectivity index (χ4n) is 4.40. The van der Waals surface area contributed by atoms with Gasteiger partial charge in [-0.15, -0.1) is 0 Å². The maximum absolute atomic E-state index is 13.5. The molecule has 0 saturated carbocycles. The number of aromatic nitrogens is 1. The molecule has 0 fully saturated rings. The number of carbonyl (C=O) groups excluding carboxylic acids is 1. The van der Waals surface area contributed by atoms with Crippen LogP contribution in [0.15, 0.2) is 59.5 Å². The Balaban J connectivity index is 1.80. The first-order valence-corrected chi connectivity index (χ1v) is 10.8. The largest absolute Gasteiger partial charge is 0.468 e. The van der Waals surface area contributed by atoms with Crippen molar-refractivity contribution in [3.63, 3.8) is 0 Å². The topological polar surface area (TPSA) is 76.2 Å². The Bertz CT molecular complexity index is 1130. The van der Waals surface area contributed by atoms with Gasteiger partial charge in [0, 0.05) is 16.6 Å². The summed E-state index contributed by atoms with van der Waals surface area (Å²) in [6.07, 6.45) is 1.81. The van der Waals surface area contributed by atoms with Crippen molar-refractivity contribution in [2.45, 2.75) is 35.8 Å². The van der Waals surface area contributed by atoms with Crippen LogP contribution in [0.2, 0.25) is 0 Å². The highest BCUT2D eigenvalue weighted by atomic mass is 32.2. The van der Waals surface area contributed by atoms with E-state index < -0.39 is 20.6 Å². The zero-order valence-electron chi connectivity index (χ0n) is 15.9. The van der Waals surface area contributed by atoms with Gasteiger partial charge in [0.2, 0.25) is 0 Å². The fourth-order valence-corrected chi connectivity index (χ4v) is 6.34. The van der Waals surface area contributed by atoms with Crippen LogP contribution in [0.5, 0.6) is 0 Å². The fraction of sp³-hybridized carbons (Fsp3) is 0.318. The number of hydrogen-bond donors (Lipinski definition) is 1. The molecule has 1 aromatic heterocycles. The zero-order chi connectivity index (χ0) is 19.9. The van der Waals surface area contributed by atoms with Crippen molar-refractivity contribution in [2.75, 3.05) is 7.11 Å². The number of esters is 1. The number of benzene rings is 2. The van der Waals surface area contributed by atoms with Crippen molar-refractivity contribution in [1.82, 2.24) is 4.98 Å². The number of ether oxygens (including phenoxy) is 1.